The molecule has 1 heterocycles. The van der Waals surface area contributed by atoms with Crippen molar-refractivity contribution in [1.29, 1.82) is 0 Å². The highest BCUT2D eigenvalue weighted by atomic mass is 16.5. The van der Waals surface area contributed by atoms with Gasteiger partial charge in [-0.1, -0.05) is 24.3 Å². The molecule has 5 heteroatoms. The van der Waals surface area contributed by atoms with Gasteiger partial charge in [0.15, 0.2) is 0 Å². The standard InChI is InChI=1S/C23H23NO4/c1-28-23(27)13-7-5-12(6-8-13)20-19-15-10-9-14(11-15)18(19)16-3-2-4-17(22(25)26)21(16)24-20/h2-8,14-15,18-20,24H,9-11H2,1H3,(H,25,26)/t14-,15+,18+,19-,20-/m0/s1. The minimum Gasteiger partial charge on any atom is -0.478 e. The van der Waals surface area contributed by atoms with Crippen molar-refractivity contribution in [3.05, 3.63) is 64.7 Å². The smallest absolute Gasteiger partial charge is 0.337 e. The van der Waals surface area contributed by atoms with Gasteiger partial charge in [-0.2, -0.15) is 0 Å². The van der Waals surface area contributed by atoms with Gasteiger partial charge in [0.25, 0.3) is 0 Å². The fourth-order valence-electron chi connectivity index (χ4n) is 5.97. The Kier molecular flexibility index (Phi) is 3.93. The van der Waals surface area contributed by atoms with Crippen LogP contribution >= 0.6 is 0 Å². The molecule has 3 aliphatic rings. The second-order valence-corrected chi connectivity index (χ2v) is 8.25. The molecule has 28 heavy (non-hydrogen) atoms. The number of hydrogen-bond donors (Lipinski definition) is 2. The number of carbonyl (C=O) groups is 2. The minimum absolute atomic E-state index is 0.0556. The average molecular weight is 377 g/mol. The zero-order chi connectivity index (χ0) is 19.4. The quantitative estimate of drug-likeness (QED) is 0.772. The van der Waals surface area contributed by atoms with Crippen molar-refractivity contribution in [1.82, 2.24) is 0 Å². The van der Waals surface area contributed by atoms with Crippen LogP contribution in [0.3, 0.4) is 0 Å². The summed E-state index contributed by atoms with van der Waals surface area (Å²) in [7, 11) is 1.38. The average Bonchev–Trinajstić information content (AvgIpc) is 3.35. The zero-order valence-electron chi connectivity index (χ0n) is 15.7. The number of carboxylic acids is 1. The largest absolute Gasteiger partial charge is 0.478 e. The van der Waals surface area contributed by atoms with Crippen LogP contribution in [0.15, 0.2) is 42.5 Å². The molecule has 2 bridgehead atoms. The molecule has 0 unspecified atom stereocenters. The maximum absolute atomic E-state index is 11.8. The minimum atomic E-state index is -0.897. The first-order valence-electron chi connectivity index (χ1n) is 9.89. The fourth-order valence-corrected chi connectivity index (χ4v) is 5.97. The summed E-state index contributed by atoms with van der Waals surface area (Å²) in [5.74, 6) is 0.912. The number of hydrogen-bond acceptors (Lipinski definition) is 4. The maximum Gasteiger partial charge on any atom is 0.337 e. The van der Waals surface area contributed by atoms with Gasteiger partial charge in [-0.25, -0.2) is 9.59 Å². The summed E-state index contributed by atoms with van der Waals surface area (Å²) in [6.45, 7) is 0. The van der Waals surface area contributed by atoms with E-state index in [9.17, 15) is 14.7 Å². The third kappa shape index (κ3) is 2.45. The predicted molar refractivity (Wildman–Crippen MR) is 105 cm³/mol. The predicted octanol–water partition coefficient (Wildman–Crippen LogP) is 4.47. The molecule has 0 aromatic heterocycles. The van der Waals surface area contributed by atoms with E-state index in [0.29, 0.717) is 34.8 Å². The Morgan fingerprint density at radius 3 is 2.54 bits per heavy atom. The van der Waals surface area contributed by atoms with E-state index in [4.69, 9.17) is 4.74 Å². The summed E-state index contributed by atoms with van der Waals surface area (Å²) < 4.78 is 4.80. The van der Waals surface area contributed by atoms with E-state index in [1.165, 1.54) is 31.9 Å². The molecule has 2 aliphatic carbocycles. The Labute approximate surface area is 163 Å². The van der Waals surface area contributed by atoms with Crippen LogP contribution in [0.4, 0.5) is 5.69 Å². The molecule has 2 aromatic rings. The Morgan fingerprint density at radius 2 is 1.82 bits per heavy atom. The number of methoxy groups -OCH3 is 1. The summed E-state index contributed by atoms with van der Waals surface area (Å²) in [6, 6.07) is 13.2. The molecule has 0 radical (unpaired) electrons. The lowest BCUT2D eigenvalue weighted by Crippen LogP contribution is -2.36. The number of rotatable bonds is 3. The first-order chi connectivity index (χ1) is 13.6. The summed E-state index contributed by atoms with van der Waals surface area (Å²) in [4.78, 5) is 23.6. The third-order valence-electron chi connectivity index (χ3n) is 7.04. The second kappa shape index (κ2) is 6.36. The number of para-hydroxylation sites is 1. The molecule has 0 spiro atoms. The highest BCUT2D eigenvalue weighted by molar-refractivity contribution is 5.95. The Morgan fingerprint density at radius 1 is 1.07 bits per heavy atom. The van der Waals surface area contributed by atoms with Gasteiger partial charge in [0, 0.05) is 0 Å². The van der Waals surface area contributed by atoms with E-state index < -0.39 is 5.97 Å². The van der Waals surface area contributed by atoms with Crippen molar-refractivity contribution in [3.8, 4) is 0 Å². The van der Waals surface area contributed by atoms with Crippen LogP contribution in [0.5, 0.6) is 0 Å². The van der Waals surface area contributed by atoms with E-state index in [1.807, 2.05) is 18.2 Å². The van der Waals surface area contributed by atoms with Crippen LogP contribution in [-0.4, -0.2) is 24.2 Å². The van der Waals surface area contributed by atoms with Crippen LogP contribution in [0, 0.1) is 17.8 Å². The lowest BCUT2D eigenvalue weighted by molar-refractivity contribution is 0.0599. The lowest BCUT2D eigenvalue weighted by atomic mass is 9.67. The fraction of sp³-hybridized carbons (Fsp3) is 0.391. The van der Waals surface area contributed by atoms with Crippen molar-refractivity contribution >= 4 is 17.6 Å². The Balaban J connectivity index is 1.59. The first-order valence-corrected chi connectivity index (χ1v) is 9.89. The van der Waals surface area contributed by atoms with E-state index in [-0.39, 0.29) is 12.0 Å². The molecule has 5 rings (SSSR count). The number of nitrogens with one attached hydrogen (secondary N) is 1. The van der Waals surface area contributed by atoms with Crippen LogP contribution in [0.25, 0.3) is 0 Å². The SMILES string of the molecule is COC(=O)c1ccc([C@@H]2Nc3c(C(=O)O)cccc3[C@H]3[C@H]4CC[C@H](C4)[C@@H]32)cc1. The maximum atomic E-state index is 11.8. The van der Waals surface area contributed by atoms with E-state index in [2.05, 4.69) is 11.4 Å². The van der Waals surface area contributed by atoms with Crippen molar-refractivity contribution in [3.63, 3.8) is 0 Å². The highest BCUT2D eigenvalue weighted by Crippen LogP contribution is 2.63. The molecule has 2 saturated carbocycles. The molecule has 0 saturated heterocycles. The van der Waals surface area contributed by atoms with Gasteiger partial charge >= 0.3 is 11.9 Å². The highest BCUT2D eigenvalue weighted by Gasteiger charge is 2.54. The van der Waals surface area contributed by atoms with Crippen molar-refractivity contribution in [2.75, 3.05) is 12.4 Å². The molecule has 1 aliphatic heterocycles. The van der Waals surface area contributed by atoms with Gasteiger partial charge in [-0.05, 0) is 72.3 Å². The van der Waals surface area contributed by atoms with Gasteiger partial charge in [0.1, 0.15) is 0 Å². The van der Waals surface area contributed by atoms with Crippen LogP contribution in [0.2, 0.25) is 0 Å². The summed E-state index contributed by atoms with van der Waals surface area (Å²) in [6.07, 6.45) is 3.71. The molecular weight excluding hydrogens is 354 g/mol. The molecule has 2 aromatic carbocycles. The molecule has 5 atom stereocenters. The number of carbonyl (C=O) groups excluding carboxylic acids is 1. The van der Waals surface area contributed by atoms with Crippen LogP contribution in [-0.2, 0) is 4.74 Å². The molecule has 2 fully saturated rings. The molecule has 0 amide bonds. The van der Waals surface area contributed by atoms with Gasteiger partial charge in [0.05, 0.1) is 30.0 Å². The Bertz CT molecular complexity index is 952. The number of carboxylic acid groups (broad SMARTS) is 1. The molecule has 144 valence electrons. The van der Waals surface area contributed by atoms with Crippen molar-refractivity contribution in [2.24, 2.45) is 17.8 Å². The Hall–Kier alpha value is -2.82. The lowest BCUT2D eigenvalue weighted by Gasteiger charge is -2.44. The molecular formula is C23H23NO4. The summed E-state index contributed by atoms with van der Waals surface area (Å²) in [5, 5.41) is 13.3. The van der Waals surface area contributed by atoms with Gasteiger partial charge < -0.3 is 15.2 Å². The van der Waals surface area contributed by atoms with Gasteiger partial charge in [-0.15, -0.1) is 0 Å². The van der Waals surface area contributed by atoms with Gasteiger partial charge in [0.2, 0.25) is 0 Å². The number of benzene rings is 2. The summed E-state index contributed by atoms with van der Waals surface area (Å²) in [5.41, 5.74) is 3.90. The van der Waals surface area contributed by atoms with Crippen LogP contribution in [0.1, 0.15) is 63.1 Å². The number of fused-ring (bicyclic) bond motifs is 7. The molecule has 2 N–H and O–H groups in total. The second-order valence-electron chi connectivity index (χ2n) is 8.25. The van der Waals surface area contributed by atoms with Crippen LogP contribution < -0.4 is 5.32 Å². The summed E-state index contributed by atoms with van der Waals surface area (Å²) >= 11 is 0. The zero-order valence-corrected chi connectivity index (χ0v) is 15.7. The molecule has 5 nitrogen and oxygen atoms in total. The van der Waals surface area contributed by atoms with E-state index in [0.717, 1.165) is 11.3 Å². The monoisotopic (exact) mass is 377 g/mol. The van der Waals surface area contributed by atoms with Crippen molar-refractivity contribution in [2.45, 2.75) is 31.2 Å². The third-order valence-corrected chi connectivity index (χ3v) is 7.04. The first kappa shape index (κ1) is 17.3. The van der Waals surface area contributed by atoms with E-state index >= 15 is 0 Å². The topological polar surface area (TPSA) is 75.6 Å². The number of aromatic carboxylic acids is 1. The normalized spacial score (nSPS) is 29.5. The number of ether oxygens (including phenoxy) is 1. The van der Waals surface area contributed by atoms with Crippen molar-refractivity contribution < 1.29 is 19.4 Å². The number of esters is 1. The van der Waals surface area contributed by atoms with Gasteiger partial charge in [-0.3, -0.25) is 0 Å². The van der Waals surface area contributed by atoms with E-state index in [1.54, 1.807) is 18.2 Å². The number of anilines is 1.